The van der Waals surface area contributed by atoms with Gasteiger partial charge in [-0.25, -0.2) is 4.79 Å². The third-order valence-corrected chi connectivity index (χ3v) is 6.35. The summed E-state index contributed by atoms with van der Waals surface area (Å²) >= 11 is 14.0. The maximum Gasteiger partial charge on any atom is 0.340 e. The number of esters is 1. The molecule has 1 aromatic heterocycles. The minimum atomic E-state index is -0.922. The van der Waals surface area contributed by atoms with Gasteiger partial charge in [-0.05, 0) is 38.1 Å². The van der Waals surface area contributed by atoms with Gasteiger partial charge in [0.15, 0.2) is 0 Å². The minimum absolute atomic E-state index is 0.00535. The third-order valence-electron chi connectivity index (χ3n) is 4.70. The van der Waals surface area contributed by atoms with E-state index in [9.17, 15) is 9.59 Å². The van der Waals surface area contributed by atoms with Gasteiger partial charge in [0.2, 0.25) is 10.6 Å². The summed E-state index contributed by atoms with van der Waals surface area (Å²) in [5.41, 5.74) is 6.89. The van der Waals surface area contributed by atoms with Gasteiger partial charge >= 0.3 is 5.97 Å². The van der Waals surface area contributed by atoms with E-state index in [0.29, 0.717) is 26.7 Å². The van der Waals surface area contributed by atoms with Crippen molar-refractivity contribution in [2.45, 2.75) is 25.9 Å². The minimum Gasteiger partial charge on any atom is -0.459 e. The van der Waals surface area contributed by atoms with E-state index in [4.69, 9.17) is 38.4 Å². The second kappa shape index (κ2) is 7.95. The molecule has 5 nitrogen and oxygen atoms in total. The van der Waals surface area contributed by atoms with Crippen LogP contribution < -0.4 is 15.2 Å². The molecule has 8 heteroatoms. The largest absolute Gasteiger partial charge is 0.459 e. The molecule has 0 saturated heterocycles. The lowest BCUT2D eigenvalue weighted by atomic mass is 9.83. The molecule has 3 aromatic rings. The summed E-state index contributed by atoms with van der Waals surface area (Å²) < 4.78 is 11.7. The zero-order chi connectivity index (χ0) is 21.6. The van der Waals surface area contributed by atoms with Gasteiger partial charge < -0.3 is 15.2 Å². The number of benzene rings is 2. The molecule has 0 bridgehead atoms. The number of hydrogen-bond acceptors (Lipinski definition) is 6. The van der Waals surface area contributed by atoms with Crippen molar-refractivity contribution in [2.75, 3.05) is 0 Å². The van der Waals surface area contributed by atoms with E-state index in [-0.39, 0.29) is 21.8 Å². The first-order valence-electron chi connectivity index (χ1n) is 9.17. The molecule has 154 valence electrons. The molecular weight excluding hydrogens is 445 g/mol. The first-order chi connectivity index (χ1) is 14.3. The van der Waals surface area contributed by atoms with Crippen molar-refractivity contribution in [2.24, 2.45) is 5.73 Å². The summed E-state index contributed by atoms with van der Waals surface area (Å²) in [5.74, 6) is -1.45. The number of nitrogens with two attached hydrogens (primary N) is 1. The Morgan fingerprint density at radius 2 is 1.77 bits per heavy atom. The highest BCUT2D eigenvalue weighted by atomic mass is 35.5. The highest BCUT2D eigenvalue weighted by molar-refractivity contribution is 7.16. The fourth-order valence-electron chi connectivity index (χ4n) is 3.52. The summed E-state index contributed by atoms with van der Waals surface area (Å²) in [6.07, 6.45) is -0.396. The van der Waals surface area contributed by atoms with Gasteiger partial charge in [0.05, 0.1) is 17.6 Å². The normalized spacial score (nSPS) is 15.8. The van der Waals surface area contributed by atoms with E-state index >= 15 is 0 Å². The Balaban J connectivity index is 2.08. The van der Waals surface area contributed by atoms with Crippen LogP contribution in [0.25, 0.3) is 10.1 Å². The molecule has 2 heterocycles. The van der Waals surface area contributed by atoms with Crippen molar-refractivity contribution in [3.63, 3.8) is 0 Å². The third kappa shape index (κ3) is 3.45. The number of rotatable bonds is 3. The number of ether oxygens (including phenoxy) is 2. The Morgan fingerprint density at radius 3 is 2.43 bits per heavy atom. The Hall–Kier alpha value is -2.54. The molecule has 2 N–H and O–H groups in total. The average molecular weight is 462 g/mol. The van der Waals surface area contributed by atoms with Crippen molar-refractivity contribution in [3.05, 3.63) is 84.6 Å². The van der Waals surface area contributed by atoms with Crippen LogP contribution in [0.5, 0.6) is 5.75 Å². The number of carbonyl (C=O) groups excluding carboxylic acids is 1. The van der Waals surface area contributed by atoms with Gasteiger partial charge in [-0.15, -0.1) is 0 Å². The molecule has 2 aromatic carbocycles. The standard InChI is InChI=1S/C22H17Cl2NO4S/c1-10(2)28-21(26)18-16(15-12(23)7-5-8-13(15)24)17-19(29-20(18)25)11-6-3-4-9-14(11)30-22(17)27/h3-10,16H,25H2,1-2H3. The van der Waals surface area contributed by atoms with Gasteiger partial charge in [-0.1, -0.05) is 52.7 Å². The van der Waals surface area contributed by atoms with Crippen molar-refractivity contribution in [1.29, 1.82) is 0 Å². The van der Waals surface area contributed by atoms with E-state index in [0.717, 1.165) is 16.0 Å². The zero-order valence-electron chi connectivity index (χ0n) is 16.1. The molecule has 0 spiro atoms. The lowest BCUT2D eigenvalue weighted by Crippen LogP contribution is -2.31. The number of halogens is 2. The van der Waals surface area contributed by atoms with Crippen LogP contribution in [0.15, 0.2) is 58.7 Å². The number of hydrogen-bond donors (Lipinski definition) is 1. The molecule has 4 rings (SSSR count). The molecule has 1 atom stereocenters. The smallest absolute Gasteiger partial charge is 0.340 e. The molecule has 1 unspecified atom stereocenters. The van der Waals surface area contributed by atoms with Gasteiger partial charge in [-0.2, -0.15) is 0 Å². The summed E-state index contributed by atoms with van der Waals surface area (Å²) in [7, 11) is 0. The molecule has 0 aliphatic carbocycles. The van der Waals surface area contributed by atoms with E-state index in [1.165, 1.54) is 0 Å². The molecule has 30 heavy (non-hydrogen) atoms. The predicted octanol–water partition coefficient (Wildman–Crippen LogP) is 5.21. The van der Waals surface area contributed by atoms with Crippen molar-refractivity contribution in [3.8, 4) is 5.75 Å². The Bertz CT molecular complexity index is 1250. The van der Waals surface area contributed by atoms with Crippen LogP contribution in [0.2, 0.25) is 10.0 Å². The molecule has 0 fully saturated rings. The Morgan fingerprint density at radius 1 is 1.10 bits per heavy atom. The molecule has 1 aliphatic heterocycles. The second-order valence-corrected chi connectivity index (χ2v) is 8.86. The van der Waals surface area contributed by atoms with Crippen LogP contribution in [-0.2, 0) is 9.53 Å². The number of fused-ring (bicyclic) bond motifs is 3. The van der Waals surface area contributed by atoms with Crippen LogP contribution in [0.4, 0.5) is 0 Å². The molecular formula is C22H17Cl2NO4S. The van der Waals surface area contributed by atoms with Crippen LogP contribution in [0, 0.1) is 0 Å². The fourth-order valence-corrected chi connectivity index (χ4v) is 5.07. The topological polar surface area (TPSA) is 78.6 Å². The van der Waals surface area contributed by atoms with E-state index in [1.54, 1.807) is 32.0 Å². The van der Waals surface area contributed by atoms with Crippen molar-refractivity contribution < 1.29 is 14.3 Å². The lowest BCUT2D eigenvalue weighted by Gasteiger charge is -2.29. The Kier molecular flexibility index (Phi) is 5.49. The highest BCUT2D eigenvalue weighted by Crippen LogP contribution is 2.48. The van der Waals surface area contributed by atoms with Crippen LogP contribution in [0.3, 0.4) is 0 Å². The SMILES string of the molecule is CC(C)OC(=O)C1=C(N)Oc2c(c(=O)sc3ccccc23)C1c1c(Cl)cccc1Cl. The van der Waals surface area contributed by atoms with Crippen LogP contribution >= 0.6 is 34.5 Å². The van der Waals surface area contributed by atoms with Gasteiger partial charge in [0, 0.05) is 25.7 Å². The molecule has 0 radical (unpaired) electrons. The summed E-state index contributed by atoms with van der Waals surface area (Å²) in [5, 5.41) is 1.32. The Labute approximate surface area is 186 Å². The first kappa shape index (κ1) is 20.7. The van der Waals surface area contributed by atoms with Crippen molar-refractivity contribution in [1.82, 2.24) is 0 Å². The van der Waals surface area contributed by atoms with Crippen LogP contribution in [0.1, 0.15) is 30.9 Å². The summed E-state index contributed by atoms with van der Waals surface area (Å²) in [4.78, 5) is 26.2. The summed E-state index contributed by atoms with van der Waals surface area (Å²) in [6.45, 7) is 3.44. The average Bonchev–Trinajstić information content (AvgIpc) is 2.66. The zero-order valence-corrected chi connectivity index (χ0v) is 18.4. The van der Waals surface area contributed by atoms with Crippen LogP contribution in [-0.4, -0.2) is 12.1 Å². The number of carbonyl (C=O) groups is 1. The van der Waals surface area contributed by atoms with E-state index in [1.807, 2.05) is 24.3 Å². The van der Waals surface area contributed by atoms with E-state index < -0.39 is 18.0 Å². The monoisotopic (exact) mass is 461 g/mol. The van der Waals surface area contributed by atoms with Gasteiger partial charge in [-0.3, -0.25) is 4.79 Å². The quantitative estimate of drug-likeness (QED) is 0.541. The first-order valence-corrected chi connectivity index (χ1v) is 10.7. The fraction of sp³-hybridized carbons (Fsp3) is 0.182. The predicted molar refractivity (Wildman–Crippen MR) is 119 cm³/mol. The van der Waals surface area contributed by atoms with Gasteiger partial charge in [0.1, 0.15) is 11.3 Å². The summed E-state index contributed by atoms with van der Waals surface area (Å²) in [6, 6.07) is 12.3. The maximum absolute atomic E-state index is 13.2. The molecule has 1 aliphatic rings. The highest BCUT2D eigenvalue weighted by Gasteiger charge is 2.40. The molecule has 0 amide bonds. The maximum atomic E-state index is 13.2. The van der Waals surface area contributed by atoms with E-state index in [2.05, 4.69) is 0 Å². The lowest BCUT2D eigenvalue weighted by molar-refractivity contribution is -0.143. The van der Waals surface area contributed by atoms with Gasteiger partial charge in [0.25, 0.3) is 0 Å². The second-order valence-electron chi connectivity index (χ2n) is 7.03. The van der Waals surface area contributed by atoms with Crippen molar-refractivity contribution >= 4 is 50.6 Å². The molecule has 0 saturated carbocycles.